The van der Waals surface area contributed by atoms with E-state index in [4.69, 9.17) is 9.47 Å². The molecule has 0 aromatic heterocycles. The molecule has 1 heterocycles. The van der Waals surface area contributed by atoms with Crippen LogP contribution < -0.4 is 5.32 Å². The highest BCUT2D eigenvalue weighted by molar-refractivity contribution is 4.84. The molecule has 1 aliphatic heterocycles. The van der Waals surface area contributed by atoms with Crippen molar-refractivity contribution in [2.45, 2.75) is 58.3 Å². The van der Waals surface area contributed by atoms with Crippen molar-refractivity contribution in [3.63, 3.8) is 0 Å². The lowest BCUT2D eigenvalue weighted by atomic mass is 9.76. The van der Waals surface area contributed by atoms with Gasteiger partial charge in [-0.15, -0.1) is 0 Å². The van der Waals surface area contributed by atoms with Crippen molar-refractivity contribution in [2.75, 3.05) is 40.0 Å². The Morgan fingerprint density at radius 3 is 2.53 bits per heavy atom. The SMILES string of the molecule is CCCCCCCC1(CNCCOC)CCOCC1. The molecule has 0 amide bonds. The summed E-state index contributed by atoms with van der Waals surface area (Å²) in [5, 5.41) is 3.57. The average molecular weight is 271 g/mol. The van der Waals surface area contributed by atoms with Gasteiger partial charge in [-0.2, -0.15) is 0 Å². The molecule has 0 spiro atoms. The van der Waals surface area contributed by atoms with Gasteiger partial charge in [-0.25, -0.2) is 0 Å². The molecule has 1 fully saturated rings. The van der Waals surface area contributed by atoms with Gasteiger partial charge in [-0.1, -0.05) is 39.0 Å². The zero-order valence-electron chi connectivity index (χ0n) is 13.0. The molecule has 0 saturated carbocycles. The molecule has 1 N–H and O–H groups in total. The third-order valence-corrected chi connectivity index (χ3v) is 4.35. The van der Waals surface area contributed by atoms with E-state index in [1.165, 1.54) is 51.4 Å². The quantitative estimate of drug-likeness (QED) is 0.584. The summed E-state index contributed by atoms with van der Waals surface area (Å²) in [6.07, 6.45) is 10.7. The van der Waals surface area contributed by atoms with Crippen LogP contribution in [0, 0.1) is 5.41 Å². The van der Waals surface area contributed by atoms with Gasteiger partial charge in [0.1, 0.15) is 0 Å². The van der Waals surface area contributed by atoms with Crippen LogP contribution in [0.1, 0.15) is 58.3 Å². The molecular weight excluding hydrogens is 238 g/mol. The number of hydrogen-bond acceptors (Lipinski definition) is 3. The average Bonchev–Trinajstić information content (AvgIpc) is 2.45. The minimum absolute atomic E-state index is 0.484. The van der Waals surface area contributed by atoms with Crippen molar-refractivity contribution in [2.24, 2.45) is 5.41 Å². The zero-order chi connectivity index (χ0) is 13.8. The van der Waals surface area contributed by atoms with E-state index in [-0.39, 0.29) is 0 Å². The van der Waals surface area contributed by atoms with Gasteiger partial charge in [0.15, 0.2) is 0 Å². The van der Waals surface area contributed by atoms with E-state index in [1.54, 1.807) is 7.11 Å². The second-order valence-corrected chi connectivity index (χ2v) is 5.95. The fourth-order valence-electron chi connectivity index (χ4n) is 2.95. The predicted molar refractivity (Wildman–Crippen MR) is 80.6 cm³/mol. The zero-order valence-corrected chi connectivity index (χ0v) is 13.0. The van der Waals surface area contributed by atoms with E-state index in [1.807, 2.05) is 0 Å². The molecule has 0 aliphatic carbocycles. The summed E-state index contributed by atoms with van der Waals surface area (Å²) >= 11 is 0. The van der Waals surface area contributed by atoms with Gasteiger partial charge in [-0.3, -0.25) is 0 Å². The number of hydrogen-bond donors (Lipinski definition) is 1. The number of nitrogens with one attached hydrogen (secondary N) is 1. The Hall–Kier alpha value is -0.120. The molecule has 3 heteroatoms. The lowest BCUT2D eigenvalue weighted by Gasteiger charge is -2.37. The van der Waals surface area contributed by atoms with Gasteiger partial charge >= 0.3 is 0 Å². The largest absolute Gasteiger partial charge is 0.383 e. The molecule has 1 rings (SSSR count). The van der Waals surface area contributed by atoms with Gasteiger partial charge in [-0.05, 0) is 24.7 Å². The van der Waals surface area contributed by atoms with Crippen LogP contribution >= 0.6 is 0 Å². The molecule has 1 saturated heterocycles. The van der Waals surface area contributed by atoms with E-state index in [0.29, 0.717) is 5.41 Å². The topological polar surface area (TPSA) is 30.5 Å². The molecule has 1 aliphatic rings. The second-order valence-electron chi connectivity index (χ2n) is 5.95. The lowest BCUT2D eigenvalue weighted by molar-refractivity contribution is 0.00855. The molecule has 114 valence electrons. The fraction of sp³-hybridized carbons (Fsp3) is 1.00. The summed E-state index contributed by atoms with van der Waals surface area (Å²) in [6.45, 7) is 7.08. The molecule has 0 aromatic carbocycles. The van der Waals surface area contributed by atoms with E-state index >= 15 is 0 Å². The van der Waals surface area contributed by atoms with Crippen LogP contribution in [0.2, 0.25) is 0 Å². The molecule has 0 aromatic rings. The third-order valence-electron chi connectivity index (χ3n) is 4.35. The fourth-order valence-corrected chi connectivity index (χ4v) is 2.95. The number of ether oxygens (including phenoxy) is 2. The van der Waals surface area contributed by atoms with Gasteiger partial charge in [0.25, 0.3) is 0 Å². The second kappa shape index (κ2) is 10.6. The Morgan fingerprint density at radius 2 is 1.84 bits per heavy atom. The summed E-state index contributed by atoms with van der Waals surface area (Å²) in [7, 11) is 1.76. The molecule has 0 unspecified atom stereocenters. The molecule has 19 heavy (non-hydrogen) atoms. The van der Waals surface area contributed by atoms with Crippen molar-refractivity contribution in [1.82, 2.24) is 5.32 Å². The maximum Gasteiger partial charge on any atom is 0.0587 e. The van der Waals surface area contributed by atoms with Crippen LogP contribution in [-0.4, -0.2) is 40.0 Å². The predicted octanol–water partition coefficient (Wildman–Crippen LogP) is 3.38. The minimum atomic E-state index is 0.484. The number of unbranched alkanes of at least 4 members (excludes halogenated alkanes) is 4. The van der Waals surface area contributed by atoms with Crippen LogP contribution in [0.25, 0.3) is 0 Å². The highest BCUT2D eigenvalue weighted by atomic mass is 16.5. The first kappa shape index (κ1) is 16.9. The summed E-state index contributed by atoms with van der Waals surface area (Å²) < 4.78 is 10.6. The van der Waals surface area contributed by atoms with Gasteiger partial charge in [0.2, 0.25) is 0 Å². The van der Waals surface area contributed by atoms with Gasteiger partial charge < -0.3 is 14.8 Å². The Kier molecular flexibility index (Phi) is 9.48. The van der Waals surface area contributed by atoms with Crippen LogP contribution in [0.15, 0.2) is 0 Å². The summed E-state index contributed by atoms with van der Waals surface area (Å²) in [6, 6.07) is 0. The Bertz CT molecular complexity index is 203. The molecule has 0 bridgehead atoms. The minimum Gasteiger partial charge on any atom is -0.383 e. The normalized spacial score (nSPS) is 18.6. The van der Waals surface area contributed by atoms with Crippen molar-refractivity contribution in [3.05, 3.63) is 0 Å². The van der Waals surface area contributed by atoms with Gasteiger partial charge in [0.05, 0.1) is 6.61 Å². The first-order chi connectivity index (χ1) is 9.33. The van der Waals surface area contributed by atoms with Crippen LogP contribution in [0.5, 0.6) is 0 Å². The highest BCUT2D eigenvalue weighted by Crippen LogP contribution is 2.35. The Labute approximate surface area is 119 Å². The first-order valence-corrected chi connectivity index (χ1v) is 8.10. The summed E-state index contributed by atoms with van der Waals surface area (Å²) in [5.74, 6) is 0. The third kappa shape index (κ3) is 7.28. The molecule has 0 atom stereocenters. The lowest BCUT2D eigenvalue weighted by Crippen LogP contribution is -2.40. The van der Waals surface area contributed by atoms with E-state index in [9.17, 15) is 0 Å². The molecule has 3 nitrogen and oxygen atoms in total. The van der Waals surface area contributed by atoms with E-state index in [2.05, 4.69) is 12.2 Å². The Balaban J connectivity index is 2.24. The molecule has 0 radical (unpaired) electrons. The highest BCUT2D eigenvalue weighted by Gasteiger charge is 2.31. The van der Waals surface area contributed by atoms with Crippen molar-refractivity contribution in [3.8, 4) is 0 Å². The van der Waals surface area contributed by atoms with Crippen molar-refractivity contribution < 1.29 is 9.47 Å². The first-order valence-electron chi connectivity index (χ1n) is 8.10. The monoisotopic (exact) mass is 271 g/mol. The summed E-state index contributed by atoms with van der Waals surface area (Å²) in [4.78, 5) is 0. The maximum atomic E-state index is 5.54. The number of methoxy groups -OCH3 is 1. The van der Waals surface area contributed by atoms with E-state index in [0.717, 1.165) is 32.9 Å². The van der Waals surface area contributed by atoms with Crippen molar-refractivity contribution in [1.29, 1.82) is 0 Å². The standard InChI is InChI=1S/C16H33NO2/c1-3-4-5-6-7-8-16(9-12-19-13-10-16)15-17-11-14-18-2/h17H,3-15H2,1-2H3. The van der Waals surface area contributed by atoms with Crippen LogP contribution in [0.3, 0.4) is 0 Å². The van der Waals surface area contributed by atoms with Crippen LogP contribution in [0.4, 0.5) is 0 Å². The van der Waals surface area contributed by atoms with Crippen LogP contribution in [-0.2, 0) is 9.47 Å². The van der Waals surface area contributed by atoms with Gasteiger partial charge in [0, 0.05) is 33.4 Å². The molecular formula is C16H33NO2. The van der Waals surface area contributed by atoms with Crippen molar-refractivity contribution >= 4 is 0 Å². The smallest absolute Gasteiger partial charge is 0.0587 e. The maximum absolute atomic E-state index is 5.54. The number of rotatable bonds is 11. The Morgan fingerprint density at radius 1 is 1.11 bits per heavy atom. The summed E-state index contributed by atoms with van der Waals surface area (Å²) in [5.41, 5.74) is 0.484. The van der Waals surface area contributed by atoms with E-state index < -0.39 is 0 Å².